The van der Waals surface area contributed by atoms with Gasteiger partial charge in [0, 0.05) is 21.7 Å². The lowest BCUT2D eigenvalue weighted by atomic mass is 10.2. The van der Waals surface area contributed by atoms with E-state index in [-0.39, 0.29) is 0 Å². The predicted molar refractivity (Wildman–Crippen MR) is 68.3 cm³/mol. The number of hydrogen-bond donors (Lipinski definition) is 1. The third-order valence-electron chi connectivity index (χ3n) is 2.95. The molecular weight excluding hydrogens is 242 g/mol. The van der Waals surface area contributed by atoms with Crippen molar-refractivity contribution in [1.29, 1.82) is 0 Å². The molecule has 0 heterocycles. The van der Waals surface area contributed by atoms with E-state index in [0.29, 0.717) is 22.7 Å². The van der Waals surface area contributed by atoms with Crippen molar-refractivity contribution >= 4 is 22.4 Å². The lowest BCUT2D eigenvalue weighted by molar-refractivity contribution is 0.546. The van der Waals surface area contributed by atoms with Gasteiger partial charge in [-0.1, -0.05) is 17.7 Å². The topological polar surface area (TPSA) is 29.1 Å². The maximum atomic E-state index is 12.1. The molecule has 0 saturated heterocycles. The molecule has 0 amide bonds. The zero-order chi connectivity index (χ0) is 11.5. The smallest absolute Gasteiger partial charge is 0.0545 e. The molecule has 1 fully saturated rings. The van der Waals surface area contributed by atoms with Crippen molar-refractivity contribution in [3.05, 3.63) is 29.3 Å². The minimum atomic E-state index is -0.951. The summed E-state index contributed by atoms with van der Waals surface area (Å²) in [5.41, 5.74) is 0. The third-order valence-corrected chi connectivity index (χ3v) is 4.63. The van der Waals surface area contributed by atoms with Gasteiger partial charge in [0.25, 0.3) is 0 Å². The van der Waals surface area contributed by atoms with Crippen LogP contribution in [0, 0.1) is 5.92 Å². The zero-order valence-electron chi connectivity index (χ0n) is 9.28. The summed E-state index contributed by atoms with van der Waals surface area (Å²) in [6.45, 7) is 0. The Balaban J connectivity index is 2.01. The highest BCUT2D eigenvalue weighted by Gasteiger charge is 2.31. The van der Waals surface area contributed by atoms with Gasteiger partial charge in [-0.2, -0.15) is 0 Å². The summed E-state index contributed by atoms with van der Waals surface area (Å²) < 4.78 is 12.1. The first-order valence-corrected chi connectivity index (χ1v) is 7.21. The zero-order valence-corrected chi connectivity index (χ0v) is 10.9. The molecule has 2 unspecified atom stereocenters. The van der Waals surface area contributed by atoms with Crippen LogP contribution in [0.2, 0.25) is 5.02 Å². The minimum absolute atomic E-state index is 0.375. The lowest BCUT2D eigenvalue weighted by Gasteiger charge is -2.14. The van der Waals surface area contributed by atoms with Gasteiger partial charge >= 0.3 is 0 Å². The normalized spacial score (nSPS) is 19.4. The van der Waals surface area contributed by atoms with Crippen LogP contribution in [0.25, 0.3) is 0 Å². The monoisotopic (exact) mass is 257 g/mol. The van der Waals surface area contributed by atoms with Crippen molar-refractivity contribution in [2.24, 2.45) is 5.92 Å². The standard InChI is InChI=1S/C12H16ClNOS/c1-14-12(9-5-6-9)8-16(15)11-4-2-3-10(13)7-11/h2-4,7,9,12,14H,5-6,8H2,1H3. The Labute approximate surface area is 104 Å². The molecule has 88 valence electrons. The fourth-order valence-electron chi connectivity index (χ4n) is 1.82. The molecular formula is C12H16ClNOS. The first kappa shape index (κ1) is 12.1. The van der Waals surface area contributed by atoms with E-state index in [9.17, 15) is 4.21 Å². The van der Waals surface area contributed by atoms with Crippen LogP contribution < -0.4 is 5.32 Å². The fourth-order valence-corrected chi connectivity index (χ4v) is 3.52. The van der Waals surface area contributed by atoms with E-state index in [4.69, 9.17) is 11.6 Å². The fraction of sp³-hybridized carbons (Fsp3) is 0.500. The molecule has 4 heteroatoms. The molecule has 0 aliphatic heterocycles. The van der Waals surface area contributed by atoms with E-state index in [0.717, 1.165) is 4.90 Å². The molecule has 16 heavy (non-hydrogen) atoms. The largest absolute Gasteiger partial charge is 0.316 e. The van der Waals surface area contributed by atoms with Gasteiger partial charge in [-0.3, -0.25) is 4.21 Å². The van der Waals surface area contributed by atoms with E-state index >= 15 is 0 Å². The van der Waals surface area contributed by atoms with Crippen LogP contribution >= 0.6 is 11.6 Å². The van der Waals surface area contributed by atoms with Gasteiger partial charge in [0.2, 0.25) is 0 Å². The summed E-state index contributed by atoms with van der Waals surface area (Å²) >= 11 is 5.88. The first-order chi connectivity index (χ1) is 7.70. The Hall–Kier alpha value is -0.380. The average Bonchev–Trinajstić information content (AvgIpc) is 3.09. The van der Waals surface area contributed by atoms with Gasteiger partial charge in [0.05, 0.1) is 10.8 Å². The Morgan fingerprint density at radius 3 is 2.88 bits per heavy atom. The van der Waals surface area contributed by atoms with Gasteiger partial charge < -0.3 is 5.32 Å². The Kier molecular flexibility index (Phi) is 4.00. The van der Waals surface area contributed by atoms with Crippen LogP contribution in [-0.4, -0.2) is 23.1 Å². The highest BCUT2D eigenvalue weighted by atomic mass is 35.5. The molecule has 0 spiro atoms. The number of nitrogens with one attached hydrogen (secondary N) is 1. The summed E-state index contributed by atoms with van der Waals surface area (Å²) in [4.78, 5) is 0.827. The van der Waals surface area contributed by atoms with Gasteiger partial charge in [0.1, 0.15) is 0 Å². The van der Waals surface area contributed by atoms with Crippen LogP contribution in [0.5, 0.6) is 0 Å². The molecule has 1 aliphatic carbocycles. The maximum Gasteiger partial charge on any atom is 0.0545 e. The van der Waals surface area contributed by atoms with Crippen LogP contribution in [0.4, 0.5) is 0 Å². The lowest BCUT2D eigenvalue weighted by Crippen LogP contribution is -2.33. The number of benzene rings is 1. The molecule has 1 aromatic carbocycles. The van der Waals surface area contributed by atoms with Gasteiger partial charge in [-0.05, 0) is 44.0 Å². The van der Waals surface area contributed by atoms with Crippen LogP contribution in [0.15, 0.2) is 29.2 Å². The van der Waals surface area contributed by atoms with Crippen LogP contribution in [0.3, 0.4) is 0 Å². The summed E-state index contributed by atoms with van der Waals surface area (Å²) in [6.07, 6.45) is 2.52. The quantitative estimate of drug-likeness (QED) is 0.878. The summed E-state index contributed by atoms with van der Waals surface area (Å²) in [5, 5.41) is 3.90. The maximum absolute atomic E-state index is 12.1. The summed E-state index contributed by atoms with van der Waals surface area (Å²) in [6, 6.07) is 7.69. The average molecular weight is 258 g/mol. The molecule has 1 N–H and O–H groups in total. The molecule has 1 aliphatic rings. The van der Waals surface area contributed by atoms with E-state index in [1.165, 1.54) is 12.8 Å². The van der Waals surface area contributed by atoms with Crippen molar-refractivity contribution in [3.8, 4) is 0 Å². The summed E-state index contributed by atoms with van der Waals surface area (Å²) in [5.74, 6) is 1.40. The van der Waals surface area contributed by atoms with E-state index < -0.39 is 10.8 Å². The second kappa shape index (κ2) is 5.30. The van der Waals surface area contributed by atoms with Gasteiger partial charge in [-0.25, -0.2) is 0 Å². The highest BCUT2D eigenvalue weighted by Crippen LogP contribution is 2.33. The highest BCUT2D eigenvalue weighted by molar-refractivity contribution is 7.85. The van der Waals surface area contributed by atoms with E-state index in [1.807, 2.05) is 19.2 Å². The second-order valence-electron chi connectivity index (χ2n) is 4.20. The van der Waals surface area contributed by atoms with Crippen molar-refractivity contribution in [3.63, 3.8) is 0 Å². The molecule has 0 radical (unpaired) electrons. The number of hydrogen-bond acceptors (Lipinski definition) is 2. The molecule has 1 aromatic rings. The Bertz CT molecular complexity index is 392. The van der Waals surface area contributed by atoms with Gasteiger partial charge in [-0.15, -0.1) is 0 Å². The number of halogens is 1. The van der Waals surface area contributed by atoms with Crippen LogP contribution in [-0.2, 0) is 10.8 Å². The second-order valence-corrected chi connectivity index (χ2v) is 6.13. The SMILES string of the molecule is CNC(CS(=O)c1cccc(Cl)c1)C1CC1. The summed E-state index contributed by atoms with van der Waals surface area (Å²) in [7, 11) is 0.991. The molecule has 2 rings (SSSR count). The number of rotatable bonds is 5. The Morgan fingerprint density at radius 2 is 2.31 bits per heavy atom. The van der Waals surface area contributed by atoms with Crippen molar-refractivity contribution in [1.82, 2.24) is 5.32 Å². The molecule has 1 saturated carbocycles. The minimum Gasteiger partial charge on any atom is -0.316 e. The van der Waals surface area contributed by atoms with Crippen molar-refractivity contribution < 1.29 is 4.21 Å². The third kappa shape index (κ3) is 3.06. The predicted octanol–water partition coefficient (Wildman–Crippen LogP) is 2.45. The van der Waals surface area contributed by atoms with E-state index in [2.05, 4.69) is 5.32 Å². The molecule has 0 aromatic heterocycles. The van der Waals surface area contributed by atoms with Crippen molar-refractivity contribution in [2.45, 2.75) is 23.8 Å². The first-order valence-electron chi connectivity index (χ1n) is 5.52. The van der Waals surface area contributed by atoms with E-state index in [1.54, 1.807) is 12.1 Å². The Morgan fingerprint density at radius 1 is 1.56 bits per heavy atom. The van der Waals surface area contributed by atoms with Crippen molar-refractivity contribution in [2.75, 3.05) is 12.8 Å². The molecule has 2 atom stereocenters. The van der Waals surface area contributed by atoms with Crippen LogP contribution in [0.1, 0.15) is 12.8 Å². The molecule has 0 bridgehead atoms. The van der Waals surface area contributed by atoms with Gasteiger partial charge in [0.15, 0.2) is 0 Å². The molecule has 2 nitrogen and oxygen atoms in total.